The van der Waals surface area contributed by atoms with Crippen LogP contribution in [0.1, 0.15) is 24.3 Å². The molecule has 0 radical (unpaired) electrons. The molecule has 1 rings (SSSR count). The highest BCUT2D eigenvalue weighted by atomic mass is 127. The number of Topliss-reactive ketones (excluding diaryl/α,β-unsaturated/α-hetero) is 1. The number of aromatic nitrogens is 1. The molecule has 0 saturated carbocycles. The van der Waals surface area contributed by atoms with Gasteiger partial charge in [0.2, 0.25) is 0 Å². The summed E-state index contributed by atoms with van der Waals surface area (Å²) in [7, 11) is 0. The quantitative estimate of drug-likeness (QED) is 0.593. The molecule has 0 amide bonds. The molecule has 0 atom stereocenters. The molecule has 3 heteroatoms. The molecule has 11 heavy (non-hydrogen) atoms. The van der Waals surface area contributed by atoms with Gasteiger partial charge in [-0.1, -0.05) is 13.8 Å². The molecular formula is C8H10INO. The third-order valence-electron chi connectivity index (χ3n) is 1.48. The van der Waals surface area contributed by atoms with Gasteiger partial charge in [0, 0.05) is 12.1 Å². The molecule has 0 aliphatic heterocycles. The summed E-state index contributed by atoms with van der Waals surface area (Å²) in [5.74, 6) is 0.280. The number of ketones is 1. The van der Waals surface area contributed by atoms with Crippen molar-refractivity contribution in [3.63, 3.8) is 0 Å². The van der Waals surface area contributed by atoms with Gasteiger partial charge in [-0.05, 0) is 12.1 Å². The molecule has 0 fully saturated rings. The molecule has 0 unspecified atom stereocenters. The van der Waals surface area contributed by atoms with Crippen LogP contribution < -0.4 is 0 Å². The van der Waals surface area contributed by atoms with E-state index in [1.807, 2.05) is 35.0 Å². The van der Waals surface area contributed by atoms with Crippen molar-refractivity contribution in [1.29, 1.82) is 0 Å². The summed E-state index contributed by atoms with van der Waals surface area (Å²) in [6.45, 7) is 3.82. The number of carbonyl (C=O) groups is 1. The fraction of sp³-hybridized carbons (Fsp3) is 0.375. The van der Waals surface area contributed by atoms with Gasteiger partial charge in [-0.15, -0.1) is 0 Å². The summed E-state index contributed by atoms with van der Waals surface area (Å²) in [5, 5.41) is 0. The lowest BCUT2D eigenvalue weighted by molar-refractivity contribution is 0.0934. The molecular weight excluding hydrogens is 253 g/mol. The SMILES string of the molecule is CC(C)C(=O)c1cccn1I. The highest BCUT2D eigenvalue weighted by Gasteiger charge is 2.12. The van der Waals surface area contributed by atoms with Gasteiger partial charge in [0.15, 0.2) is 5.78 Å². The first-order chi connectivity index (χ1) is 5.13. The van der Waals surface area contributed by atoms with Crippen LogP contribution in [0.3, 0.4) is 0 Å². The fourth-order valence-electron chi connectivity index (χ4n) is 0.844. The molecule has 1 heterocycles. The second-order valence-corrected chi connectivity index (χ2v) is 3.76. The number of halogens is 1. The van der Waals surface area contributed by atoms with E-state index < -0.39 is 0 Å². The molecule has 0 aliphatic rings. The summed E-state index contributed by atoms with van der Waals surface area (Å²) in [4.78, 5) is 11.4. The van der Waals surface area contributed by atoms with E-state index in [0.717, 1.165) is 5.69 Å². The summed E-state index contributed by atoms with van der Waals surface area (Å²) in [6.07, 6.45) is 1.87. The van der Waals surface area contributed by atoms with E-state index in [0.29, 0.717) is 0 Å². The maximum absolute atomic E-state index is 11.4. The maximum Gasteiger partial charge on any atom is 0.182 e. The fourth-order valence-corrected chi connectivity index (χ4v) is 1.43. The van der Waals surface area contributed by atoms with Crippen LogP contribution in [0.15, 0.2) is 18.3 Å². The van der Waals surface area contributed by atoms with Crippen LogP contribution in [0.2, 0.25) is 0 Å². The largest absolute Gasteiger partial charge is 0.292 e. The molecule has 2 nitrogen and oxygen atoms in total. The van der Waals surface area contributed by atoms with Crippen LogP contribution in [0.4, 0.5) is 0 Å². The first-order valence-corrected chi connectivity index (χ1v) is 4.47. The van der Waals surface area contributed by atoms with E-state index in [1.54, 1.807) is 0 Å². The molecule has 0 N–H and O–H groups in total. The van der Waals surface area contributed by atoms with Gasteiger partial charge in [0.1, 0.15) is 0 Å². The Bertz CT molecular complexity index is 265. The monoisotopic (exact) mass is 263 g/mol. The third kappa shape index (κ3) is 1.83. The molecule has 0 aliphatic carbocycles. The second-order valence-electron chi connectivity index (χ2n) is 2.72. The minimum atomic E-state index is 0.0819. The van der Waals surface area contributed by atoms with E-state index in [-0.39, 0.29) is 11.7 Å². The Morgan fingerprint density at radius 3 is 2.64 bits per heavy atom. The van der Waals surface area contributed by atoms with Crippen LogP contribution in [0, 0.1) is 5.92 Å². The normalized spacial score (nSPS) is 10.5. The molecule has 0 spiro atoms. The van der Waals surface area contributed by atoms with Crippen molar-refractivity contribution in [2.75, 3.05) is 0 Å². The lowest BCUT2D eigenvalue weighted by Gasteiger charge is -2.02. The topological polar surface area (TPSA) is 22.0 Å². The number of nitrogens with zero attached hydrogens (tertiary/aromatic N) is 1. The minimum absolute atomic E-state index is 0.0819. The van der Waals surface area contributed by atoms with E-state index in [4.69, 9.17) is 0 Å². The van der Waals surface area contributed by atoms with Gasteiger partial charge in [0.25, 0.3) is 0 Å². The summed E-state index contributed by atoms with van der Waals surface area (Å²) in [5.41, 5.74) is 0.778. The van der Waals surface area contributed by atoms with Crippen LogP contribution in [-0.4, -0.2) is 8.56 Å². The predicted octanol–water partition coefficient (Wildman–Crippen LogP) is 2.52. The van der Waals surface area contributed by atoms with Gasteiger partial charge >= 0.3 is 0 Å². The first-order valence-electron chi connectivity index (χ1n) is 3.50. The van der Waals surface area contributed by atoms with Crippen molar-refractivity contribution in [3.05, 3.63) is 24.0 Å². The smallest absolute Gasteiger partial charge is 0.182 e. The number of rotatable bonds is 2. The van der Waals surface area contributed by atoms with Crippen molar-refractivity contribution < 1.29 is 4.79 Å². The zero-order valence-electron chi connectivity index (χ0n) is 6.54. The number of hydrogen-bond acceptors (Lipinski definition) is 1. The summed E-state index contributed by atoms with van der Waals surface area (Å²) >= 11 is 2.10. The van der Waals surface area contributed by atoms with E-state index in [1.165, 1.54) is 0 Å². The second kappa shape index (κ2) is 3.38. The number of carbonyl (C=O) groups excluding carboxylic acids is 1. The predicted molar refractivity (Wildman–Crippen MR) is 53.0 cm³/mol. The van der Waals surface area contributed by atoms with Crippen molar-refractivity contribution in [1.82, 2.24) is 2.78 Å². The average molecular weight is 263 g/mol. The Balaban J connectivity index is 2.93. The highest BCUT2D eigenvalue weighted by Crippen LogP contribution is 2.11. The van der Waals surface area contributed by atoms with Crippen LogP contribution in [-0.2, 0) is 0 Å². The Kier molecular flexibility index (Phi) is 2.70. The first kappa shape index (κ1) is 8.77. The van der Waals surface area contributed by atoms with E-state index >= 15 is 0 Å². The Morgan fingerprint density at radius 2 is 2.27 bits per heavy atom. The lowest BCUT2D eigenvalue weighted by Crippen LogP contribution is -2.09. The van der Waals surface area contributed by atoms with Crippen LogP contribution in [0.25, 0.3) is 0 Å². The van der Waals surface area contributed by atoms with Crippen molar-refractivity contribution >= 4 is 28.6 Å². The maximum atomic E-state index is 11.4. The van der Waals surface area contributed by atoms with Gasteiger partial charge in [-0.2, -0.15) is 0 Å². The van der Waals surface area contributed by atoms with Gasteiger partial charge in [0.05, 0.1) is 28.6 Å². The van der Waals surface area contributed by atoms with Crippen LogP contribution in [0.5, 0.6) is 0 Å². The van der Waals surface area contributed by atoms with Crippen molar-refractivity contribution in [2.45, 2.75) is 13.8 Å². The molecule has 0 saturated heterocycles. The van der Waals surface area contributed by atoms with Gasteiger partial charge < -0.3 is 0 Å². The van der Waals surface area contributed by atoms with Gasteiger partial charge in [-0.3, -0.25) is 7.58 Å². The van der Waals surface area contributed by atoms with Gasteiger partial charge in [-0.25, -0.2) is 0 Å². The minimum Gasteiger partial charge on any atom is -0.292 e. The number of hydrogen-bond donors (Lipinski definition) is 0. The van der Waals surface area contributed by atoms with Crippen molar-refractivity contribution in [3.8, 4) is 0 Å². The Hall–Kier alpha value is -0.320. The third-order valence-corrected chi connectivity index (χ3v) is 2.32. The molecule has 0 bridgehead atoms. The Labute approximate surface area is 80.1 Å². The summed E-state index contributed by atoms with van der Waals surface area (Å²) in [6, 6.07) is 3.72. The summed E-state index contributed by atoms with van der Waals surface area (Å²) < 4.78 is 1.82. The van der Waals surface area contributed by atoms with Crippen LogP contribution >= 0.6 is 22.9 Å². The Morgan fingerprint density at radius 1 is 1.64 bits per heavy atom. The average Bonchev–Trinajstić information content (AvgIpc) is 2.33. The zero-order valence-corrected chi connectivity index (χ0v) is 8.70. The molecule has 1 aromatic heterocycles. The molecule has 60 valence electrons. The molecule has 0 aromatic carbocycles. The standard InChI is InChI=1S/C8H10INO/c1-6(2)8(11)7-4-3-5-10(7)9/h3-6H,1-2H3. The highest BCUT2D eigenvalue weighted by molar-refractivity contribution is 14.1. The lowest BCUT2D eigenvalue weighted by atomic mass is 10.1. The van der Waals surface area contributed by atoms with E-state index in [9.17, 15) is 4.79 Å². The molecule has 1 aromatic rings. The van der Waals surface area contributed by atoms with E-state index in [2.05, 4.69) is 22.9 Å². The van der Waals surface area contributed by atoms with Crippen molar-refractivity contribution in [2.24, 2.45) is 5.92 Å². The zero-order chi connectivity index (χ0) is 8.43.